The summed E-state index contributed by atoms with van der Waals surface area (Å²) in [5.41, 5.74) is 1.23. The maximum atomic E-state index is 5.75. The number of hydrogen-bond donors (Lipinski definition) is 0. The number of alkyl halides is 1. The van der Waals surface area contributed by atoms with Gasteiger partial charge in [0.25, 0.3) is 0 Å². The second-order valence-electron chi connectivity index (χ2n) is 3.75. The molecule has 1 aliphatic heterocycles. The van der Waals surface area contributed by atoms with E-state index in [0.29, 0.717) is 12.7 Å². The fourth-order valence-corrected chi connectivity index (χ4v) is 2.01. The highest BCUT2D eigenvalue weighted by Gasteiger charge is 2.13. The fourth-order valence-electron chi connectivity index (χ4n) is 1.77. The molecular weight excluding hydrogens is 261 g/mol. The van der Waals surface area contributed by atoms with E-state index < -0.39 is 0 Å². The Morgan fingerprint density at radius 3 is 2.76 bits per heavy atom. The predicted molar refractivity (Wildman–Crippen MR) is 71.5 cm³/mol. The van der Waals surface area contributed by atoms with Gasteiger partial charge in [-0.15, -0.1) is 24.0 Å². The minimum absolute atomic E-state index is 0. The molecule has 0 radical (unpaired) electrons. The zero-order valence-electron chi connectivity index (χ0n) is 9.82. The lowest BCUT2D eigenvalue weighted by molar-refractivity contribution is 0.174. The summed E-state index contributed by atoms with van der Waals surface area (Å²) in [5.74, 6) is 2.35. The third-order valence-corrected chi connectivity index (χ3v) is 2.86. The number of benzene rings is 1. The standard InChI is InChI=1S/C12H16ClNO2.ClH/c1-2-14(6-5-13)8-10-3-4-11-12(7-10)16-9-15-11;/h3-4,7H,2,5-6,8-9H2,1H3;1H. The Hall–Kier alpha value is -0.640. The van der Waals surface area contributed by atoms with Crippen molar-refractivity contribution in [3.05, 3.63) is 23.8 Å². The fraction of sp³-hybridized carbons (Fsp3) is 0.500. The van der Waals surface area contributed by atoms with E-state index in [1.54, 1.807) is 0 Å². The van der Waals surface area contributed by atoms with Crippen LogP contribution < -0.4 is 9.47 Å². The van der Waals surface area contributed by atoms with E-state index >= 15 is 0 Å². The summed E-state index contributed by atoms with van der Waals surface area (Å²) in [6.45, 7) is 5.28. The molecule has 0 saturated carbocycles. The van der Waals surface area contributed by atoms with Gasteiger partial charge in [0.1, 0.15) is 0 Å². The Labute approximate surface area is 113 Å². The number of hydrogen-bond acceptors (Lipinski definition) is 3. The maximum absolute atomic E-state index is 5.75. The Kier molecular flexibility index (Phi) is 5.89. The van der Waals surface area contributed by atoms with Crippen LogP contribution in [0.1, 0.15) is 12.5 Å². The van der Waals surface area contributed by atoms with Gasteiger partial charge in [0.2, 0.25) is 6.79 Å². The Bertz CT molecular complexity index is 360. The van der Waals surface area contributed by atoms with Crippen LogP contribution in [0.5, 0.6) is 11.5 Å². The van der Waals surface area contributed by atoms with Gasteiger partial charge < -0.3 is 9.47 Å². The monoisotopic (exact) mass is 277 g/mol. The number of halogens is 2. The zero-order valence-corrected chi connectivity index (χ0v) is 11.4. The van der Waals surface area contributed by atoms with Gasteiger partial charge in [0.05, 0.1) is 0 Å². The number of nitrogens with zero attached hydrogens (tertiary/aromatic N) is 1. The van der Waals surface area contributed by atoms with Gasteiger partial charge in [-0.1, -0.05) is 13.0 Å². The molecule has 0 fully saturated rings. The summed E-state index contributed by atoms with van der Waals surface area (Å²) in [4.78, 5) is 2.30. The molecule has 0 N–H and O–H groups in total. The third kappa shape index (κ3) is 3.66. The highest BCUT2D eigenvalue weighted by atomic mass is 35.5. The van der Waals surface area contributed by atoms with Crippen LogP contribution in [0.15, 0.2) is 18.2 Å². The van der Waals surface area contributed by atoms with E-state index in [0.717, 1.165) is 31.1 Å². The number of rotatable bonds is 5. The summed E-state index contributed by atoms with van der Waals surface area (Å²) >= 11 is 5.75. The highest BCUT2D eigenvalue weighted by molar-refractivity contribution is 6.18. The highest BCUT2D eigenvalue weighted by Crippen LogP contribution is 2.32. The smallest absolute Gasteiger partial charge is 0.231 e. The van der Waals surface area contributed by atoms with E-state index in [2.05, 4.69) is 17.9 Å². The molecule has 17 heavy (non-hydrogen) atoms. The van der Waals surface area contributed by atoms with Crippen LogP contribution in [0, 0.1) is 0 Å². The van der Waals surface area contributed by atoms with Crippen LogP contribution in [0.2, 0.25) is 0 Å². The van der Waals surface area contributed by atoms with Crippen molar-refractivity contribution in [1.29, 1.82) is 0 Å². The minimum Gasteiger partial charge on any atom is -0.454 e. The first-order valence-corrected chi connectivity index (χ1v) is 6.03. The first kappa shape index (κ1) is 14.4. The summed E-state index contributed by atoms with van der Waals surface area (Å²) in [6, 6.07) is 6.08. The molecule has 0 amide bonds. The van der Waals surface area contributed by atoms with E-state index in [1.807, 2.05) is 12.1 Å². The average Bonchev–Trinajstić information content (AvgIpc) is 2.75. The van der Waals surface area contributed by atoms with Crippen LogP contribution in [0.25, 0.3) is 0 Å². The second-order valence-corrected chi connectivity index (χ2v) is 4.12. The van der Waals surface area contributed by atoms with Gasteiger partial charge in [-0.25, -0.2) is 0 Å². The zero-order chi connectivity index (χ0) is 11.4. The molecule has 1 aromatic carbocycles. The third-order valence-electron chi connectivity index (χ3n) is 2.69. The van der Waals surface area contributed by atoms with Crippen molar-refractivity contribution in [2.45, 2.75) is 13.5 Å². The predicted octanol–water partition coefficient (Wildman–Crippen LogP) is 2.90. The molecule has 0 unspecified atom stereocenters. The number of fused-ring (bicyclic) bond motifs is 1. The molecule has 1 heterocycles. The molecule has 1 aliphatic rings. The van der Waals surface area contributed by atoms with E-state index in [4.69, 9.17) is 21.1 Å². The van der Waals surface area contributed by atoms with Gasteiger partial charge in [0, 0.05) is 19.0 Å². The molecule has 1 aromatic rings. The Balaban J connectivity index is 0.00000144. The molecule has 0 aliphatic carbocycles. The van der Waals surface area contributed by atoms with Crippen LogP contribution in [0.4, 0.5) is 0 Å². The van der Waals surface area contributed by atoms with Gasteiger partial charge in [-0.2, -0.15) is 0 Å². The average molecular weight is 278 g/mol. The molecule has 0 saturated heterocycles. The van der Waals surface area contributed by atoms with Crippen LogP contribution in [-0.2, 0) is 6.54 Å². The molecular formula is C12H17Cl2NO2. The molecule has 2 rings (SSSR count). The Morgan fingerprint density at radius 1 is 1.29 bits per heavy atom. The quantitative estimate of drug-likeness (QED) is 0.773. The molecule has 0 bridgehead atoms. The lowest BCUT2D eigenvalue weighted by Crippen LogP contribution is -2.24. The topological polar surface area (TPSA) is 21.7 Å². The van der Waals surface area contributed by atoms with Crippen LogP contribution >= 0.6 is 24.0 Å². The van der Waals surface area contributed by atoms with Crippen molar-refractivity contribution in [2.24, 2.45) is 0 Å². The van der Waals surface area contributed by atoms with Gasteiger partial charge in [-0.05, 0) is 24.2 Å². The maximum Gasteiger partial charge on any atom is 0.231 e. The number of ether oxygens (including phenoxy) is 2. The van der Waals surface area contributed by atoms with Crippen LogP contribution in [0.3, 0.4) is 0 Å². The SMILES string of the molecule is CCN(CCCl)Cc1ccc2c(c1)OCO2.Cl. The summed E-state index contributed by atoms with van der Waals surface area (Å²) < 4.78 is 10.6. The van der Waals surface area contributed by atoms with Gasteiger partial charge in [-0.3, -0.25) is 4.90 Å². The second kappa shape index (κ2) is 6.94. The van der Waals surface area contributed by atoms with E-state index in [9.17, 15) is 0 Å². The first-order chi connectivity index (χ1) is 7.83. The van der Waals surface area contributed by atoms with Crippen molar-refractivity contribution in [2.75, 3.05) is 25.8 Å². The van der Waals surface area contributed by atoms with Crippen molar-refractivity contribution < 1.29 is 9.47 Å². The van der Waals surface area contributed by atoms with E-state index in [-0.39, 0.29) is 12.4 Å². The van der Waals surface area contributed by atoms with Gasteiger partial charge >= 0.3 is 0 Å². The summed E-state index contributed by atoms with van der Waals surface area (Å²) in [5, 5.41) is 0. The lowest BCUT2D eigenvalue weighted by Gasteiger charge is -2.19. The van der Waals surface area contributed by atoms with Crippen molar-refractivity contribution in [3.8, 4) is 11.5 Å². The molecule has 0 atom stereocenters. The van der Waals surface area contributed by atoms with Crippen molar-refractivity contribution in [3.63, 3.8) is 0 Å². The van der Waals surface area contributed by atoms with E-state index in [1.165, 1.54) is 5.56 Å². The first-order valence-electron chi connectivity index (χ1n) is 5.50. The molecule has 96 valence electrons. The summed E-state index contributed by atoms with van der Waals surface area (Å²) in [6.07, 6.45) is 0. The summed E-state index contributed by atoms with van der Waals surface area (Å²) in [7, 11) is 0. The Morgan fingerprint density at radius 2 is 2.06 bits per heavy atom. The molecule has 3 nitrogen and oxygen atoms in total. The largest absolute Gasteiger partial charge is 0.454 e. The van der Waals surface area contributed by atoms with Crippen molar-refractivity contribution in [1.82, 2.24) is 4.90 Å². The minimum atomic E-state index is 0. The molecule has 0 spiro atoms. The lowest BCUT2D eigenvalue weighted by atomic mass is 10.2. The van der Waals surface area contributed by atoms with Gasteiger partial charge in [0.15, 0.2) is 11.5 Å². The normalized spacial score (nSPS) is 12.6. The molecule has 5 heteroatoms. The van der Waals surface area contributed by atoms with Crippen LogP contribution in [-0.4, -0.2) is 30.7 Å². The van der Waals surface area contributed by atoms with Crippen molar-refractivity contribution >= 4 is 24.0 Å². The molecule has 0 aromatic heterocycles.